The molecule has 162 valence electrons. The zero-order valence-electron chi connectivity index (χ0n) is 17.0. The van der Waals surface area contributed by atoms with Crippen molar-refractivity contribution in [1.82, 2.24) is 4.72 Å². The van der Waals surface area contributed by atoms with E-state index in [1.165, 1.54) is 18.2 Å². The molecule has 0 radical (unpaired) electrons. The standard InChI is InChI=1S/C21H28F3NO3S/c1-5-13-28-18(26)20(12-6-7-17(20)25-29(27)19(2,3)4)14-15-8-10-16(11-9-15)21(22,23)24/h5,8-11,17,25H,1,6-7,12-14H2,2-4H3/t17-,20+,29?/m1/s1. The number of alkyl halides is 3. The number of ether oxygens (including phenoxy) is 1. The van der Waals surface area contributed by atoms with Crippen LogP contribution in [-0.2, 0) is 33.5 Å². The smallest absolute Gasteiger partial charge is 0.416 e. The fourth-order valence-electron chi connectivity index (χ4n) is 3.53. The maximum atomic E-state index is 13.0. The fraction of sp³-hybridized carbons (Fsp3) is 0.571. The summed E-state index contributed by atoms with van der Waals surface area (Å²) in [6, 6.07) is 4.41. The van der Waals surface area contributed by atoms with Crippen LogP contribution in [0.3, 0.4) is 0 Å². The van der Waals surface area contributed by atoms with Crippen molar-refractivity contribution in [2.75, 3.05) is 6.61 Å². The summed E-state index contributed by atoms with van der Waals surface area (Å²) in [5.41, 5.74) is -1.13. The van der Waals surface area contributed by atoms with E-state index in [1.807, 2.05) is 20.8 Å². The van der Waals surface area contributed by atoms with Crippen LogP contribution in [0.1, 0.15) is 51.2 Å². The van der Waals surface area contributed by atoms with Crippen molar-refractivity contribution >= 4 is 17.3 Å². The van der Waals surface area contributed by atoms with Gasteiger partial charge in [0, 0.05) is 11.4 Å². The van der Waals surface area contributed by atoms with Crippen molar-refractivity contribution in [3.63, 3.8) is 0 Å². The minimum absolute atomic E-state index is 0.0443. The van der Waals surface area contributed by atoms with Gasteiger partial charge in [0.2, 0.25) is 0 Å². The van der Waals surface area contributed by atoms with Crippen LogP contribution >= 0.6 is 0 Å². The Morgan fingerprint density at radius 2 is 1.97 bits per heavy atom. The molecule has 29 heavy (non-hydrogen) atoms. The zero-order valence-corrected chi connectivity index (χ0v) is 17.8. The molecular formula is C21H28F3NO3S. The molecule has 0 amide bonds. The zero-order chi connectivity index (χ0) is 21.9. The predicted octanol–water partition coefficient (Wildman–Crippen LogP) is 4.57. The number of hydrogen-bond donors (Lipinski definition) is 1. The van der Waals surface area contributed by atoms with Crippen LogP contribution in [-0.4, -0.2) is 27.9 Å². The van der Waals surface area contributed by atoms with Crippen molar-refractivity contribution < 1.29 is 27.3 Å². The molecule has 0 aliphatic heterocycles. The first-order chi connectivity index (χ1) is 13.4. The van der Waals surface area contributed by atoms with E-state index in [0.29, 0.717) is 18.4 Å². The Bertz CT molecular complexity index is 715. The first-order valence-electron chi connectivity index (χ1n) is 9.52. The molecule has 1 fully saturated rings. The van der Waals surface area contributed by atoms with E-state index >= 15 is 0 Å². The van der Waals surface area contributed by atoms with E-state index in [9.17, 15) is 22.5 Å². The Hall–Kier alpha value is -1.51. The van der Waals surface area contributed by atoms with Crippen LogP contribution in [0.15, 0.2) is 36.9 Å². The van der Waals surface area contributed by atoms with E-state index in [2.05, 4.69) is 11.3 Å². The summed E-state index contributed by atoms with van der Waals surface area (Å²) in [5.74, 6) is -0.446. The third kappa shape index (κ3) is 5.77. The van der Waals surface area contributed by atoms with E-state index in [-0.39, 0.29) is 13.0 Å². The van der Waals surface area contributed by atoms with Gasteiger partial charge in [-0.2, -0.15) is 13.2 Å². The summed E-state index contributed by atoms with van der Waals surface area (Å²) >= 11 is -1.40. The van der Waals surface area contributed by atoms with Gasteiger partial charge in [-0.25, -0.2) is 0 Å². The number of carbonyl (C=O) groups is 1. The van der Waals surface area contributed by atoms with Gasteiger partial charge in [-0.3, -0.25) is 4.79 Å². The summed E-state index contributed by atoms with van der Waals surface area (Å²) in [4.78, 5) is 13.0. The van der Waals surface area contributed by atoms with Crippen LogP contribution < -0.4 is 4.72 Å². The van der Waals surface area contributed by atoms with Gasteiger partial charge in [0.1, 0.15) is 11.4 Å². The van der Waals surface area contributed by atoms with Crippen LogP contribution in [0.2, 0.25) is 0 Å². The lowest BCUT2D eigenvalue weighted by molar-refractivity contribution is -0.155. The van der Waals surface area contributed by atoms with Gasteiger partial charge in [0.15, 0.2) is 0 Å². The molecule has 1 saturated carbocycles. The first-order valence-corrected chi connectivity index (χ1v) is 10.7. The topological polar surface area (TPSA) is 61.4 Å². The summed E-state index contributed by atoms with van der Waals surface area (Å²) in [7, 11) is 0. The molecular weight excluding hydrogens is 403 g/mol. The largest absolute Gasteiger partial charge is 0.598 e. The number of benzene rings is 1. The van der Waals surface area contributed by atoms with Crippen LogP contribution in [0.4, 0.5) is 13.2 Å². The predicted molar refractivity (Wildman–Crippen MR) is 107 cm³/mol. The highest BCUT2D eigenvalue weighted by Crippen LogP contribution is 2.43. The van der Waals surface area contributed by atoms with Crippen molar-refractivity contribution in [3.8, 4) is 0 Å². The number of esters is 1. The second-order valence-electron chi connectivity index (χ2n) is 8.36. The van der Waals surface area contributed by atoms with Gasteiger partial charge in [-0.15, -0.1) is 4.72 Å². The van der Waals surface area contributed by atoms with E-state index in [4.69, 9.17) is 4.74 Å². The molecule has 1 unspecified atom stereocenters. The summed E-state index contributed by atoms with van der Waals surface area (Å²) in [6.07, 6.45) is -0.883. The normalized spacial score (nSPS) is 23.6. The second-order valence-corrected chi connectivity index (χ2v) is 10.4. The van der Waals surface area contributed by atoms with E-state index in [0.717, 1.165) is 18.6 Å². The van der Waals surface area contributed by atoms with Crippen molar-refractivity contribution in [1.29, 1.82) is 0 Å². The summed E-state index contributed by atoms with van der Waals surface area (Å²) in [6.45, 7) is 9.09. The van der Waals surface area contributed by atoms with Gasteiger partial charge < -0.3 is 9.29 Å². The van der Waals surface area contributed by atoms with Crippen molar-refractivity contribution in [2.45, 2.75) is 63.4 Å². The number of nitrogens with one attached hydrogen (secondary N) is 1. The molecule has 1 N–H and O–H groups in total. The molecule has 3 atom stereocenters. The fourth-order valence-corrected chi connectivity index (χ4v) is 4.49. The van der Waals surface area contributed by atoms with Gasteiger partial charge in [0.05, 0.1) is 17.0 Å². The molecule has 0 aromatic heterocycles. The molecule has 0 spiro atoms. The number of halogens is 3. The highest BCUT2D eigenvalue weighted by molar-refractivity contribution is 7.90. The molecule has 2 rings (SSSR count). The monoisotopic (exact) mass is 431 g/mol. The van der Waals surface area contributed by atoms with Gasteiger partial charge in [-0.1, -0.05) is 31.2 Å². The highest BCUT2D eigenvalue weighted by atomic mass is 32.2. The lowest BCUT2D eigenvalue weighted by Gasteiger charge is -2.35. The van der Waals surface area contributed by atoms with Crippen LogP contribution in [0.25, 0.3) is 0 Å². The number of carbonyl (C=O) groups excluding carboxylic acids is 1. The Kier molecular flexibility index (Phi) is 7.46. The third-order valence-corrected chi connectivity index (χ3v) is 6.74. The number of rotatable bonds is 7. The molecule has 1 aliphatic carbocycles. The van der Waals surface area contributed by atoms with E-state index < -0.39 is 45.3 Å². The molecule has 0 saturated heterocycles. The summed E-state index contributed by atoms with van der Waals surface area (Å²) in [5, 5.41) is 0. The van der Waals surface area contributed by atoms with Crippen LogP contribution in [0.5, 0.6) is 0 Å². The Morgan fingerprint density at radius 3 is 2.48 bits per heavy atom. The molecule has 8 heteroatoms. The molecule has 1 aliphatic rings. The third-order valence-electron chi connectivity index (χ3n) is 5.13. The van der Waals surface area contributed by atoms with Gasteiger partial charge in [0.25, 0.3) is 0 Å². The minimum atomic E-state index is -4.42. The number of hydrogen-bond acceptors (Lipinski definition) is 4. The average molecular weight is 432 g/mol. The quantitative estimate of drug-likeness (QED) is 0.390. The highest BCUT2D eigenvalue weighted by Gasteiger charge is 2.52. The lowest BCUT2D eigenvalue weighted by Crippen LogP contribution is -2.53. The van der Waals surface area contributed by atoms with Crippen molar-refractivity contribution in [2.24, 2.45) is 5.41 Å². The molecule has 1 aromatic rings. The van der Waals surface area contributed by atoms with E-state index in [1.54, 1.807) is 0 Å². The Balaban J connectivity index is 2.32. The van der Waals surface area contributed by atoms with Gasteiger partial charge >= 0.3 is 12.1 Å². The first kappa shape index (κ1) is 23.8. The van der Waals surface area contributed by atoms with Gasteiger partial charge in [-0.05, 0) is 57.7 Å². The lowest BCUT2D eigenvalue weighted by atomic mass is 9.77. The Labute approximate surface area is 173 Å². The minimum Gasteiger partial charge on any atom is -0.598 e. The SMILES string of the molecule is C=CCOC(=O)[C@]1(Cc2ccc(C(F)(F)F)cc2)CCC[C@H]1N[S+]([O-])C(C)(C)C. The average Bonchev–Trinajstić information content (AvgIpc) is 3.02. The van der Waals surface area contributed by atoms with Crippen molar-refractivity contribution in [3.05, 3.63) is 48.0 Å². The van der Waals surface area contributed by atoms with Crippen LogP contribution in [0, 0.1) is 5.41 Å². The maximum Gasteiger partial charge on any atom is 0.416 e. The molecule has 1 aromatic carbocycles. The molecule has 4 nitrogen and oxygen atoms in total. The molecule has 0 heterocycles. The molecule has 0 bridgehead atoms. The summed E-state index contributed by atoms with van der Waals surface area (Å²) < 4.78 is 59.1. The maximum absolute atomic E-state index is 13.0. The second kappa shape index (κ2) is 9.10. The Morgan fingerprint density at radius 1 is 1.34 bits per heavy atom.